The molecule has 2 atom stereocenters. The quantitative estimate of drug-likeness (QED) is 0.821. The van der Waals surface area contributed by atoms with Crippen molar-refractivity contribution >= 4 is 29.5 Å². The molecule has 0 saturated carbocycles. The number of rotatable bonds is 4. The Hall–Kier alpha value is -1.24. The summed E-state index contributed by atoms with van der Waals surface area (Å²) in [4.78, 5) is 40.7. The summed E-state index contributed by atoms with van der Waals surface area (Å²) in [6.07, 6.45) is 0.879. The van der Waals surface area contributed by atoms with Crippen LogP contribution in [0.25, 0.3) is 0 Å². The molecule has 0 aliphatic carbocycles. The molecule has 2 aliphatic rings. The van der Waals surface area contributed by atoms with E-state index in [9.17, 15) is 19.5 Å². The molecule has 1 N–H and O–H groups in total. The van der Waals surface area contributed by atoms with Gasteiger partial charge in [0.15, 0.2) is 0 Å². The van der Waals surface area contributed by atoms with Gasteiger partial charge in [0.05, 0.1) is 11.3 Å². The molecule has 0 bridgehead atoms. The number of carbonyl (C=O) groups excluding carboxylic acids is 2. The van der Waals surface area contributed by atoms with Crippen LogP contribution in [0.15, 0.2) is 0 Å². The summed E-state index contributed by atoms with van der Waals surface area (Å²) in [5.74, 6) is 0.151. The number of thioether (sulfide) groups is 1. The highest BCUT2D eigenvalue weighted by Crippen LogP contribution is 2.39. The SMILES string of the molecule is CC(C)C1(C(=O)O)CCN(C(=O)C2CSCN2C(=O)CC(C)(C)C)C1. The summed E-state index contributed by atoms with van der Waals surface area (Å²) in [5, 5.41) is 9.66. The first kappa shape index (κ1) is 20.1. The van der Waals surface area contributed by atoms with Crippen LogP contribution in [0, 0.1) is 16.7 Å². The van der Waals surface area contributed by atoms with Crippen LogP contribution in [0.1, 0.15) is 47.5 Å². The van der Waals surface area contributed by atoms with Gasteiger partial charge in [0, 0.05) is 25.3 Å². The van der Waals surface area contributed by atoms with Crippen molar-refractivity contribution < 1.29 is 19.5 Å². The van der Waals surface area contributed by atoms with Gasteiger partial charge in [0.2, 0.25) is 11.8 Å². The van der Waals surface area contributed by atoms with Crippen LogP contribution in [0.5, 0.6) is 0 Å². The number of carboxylic acids is 1. The summed E-state index contributed by atoms with van der Waals surface area (Å²) >= 11 is 1.59. The van der Waals surface area contributed by atoms with Gasteiger partial charge in [-0.3, -0.25) is 14.4 Å². The Bertz CT molecular complexity index is 558. The van der Waals surface area contributed by atoms with Crippen molar-refractivity contribution in [3.05, 3.63) is 0 Å². The van der Waals surface area contributed by atoms with Crippen molar-refractivity contribution in [3.63, 3.8) is 0 Å². The lowest BCUT2D eigenvalue weighted by atomic mass is 9.76. The van der Waals surface area contributed by atoms with Gasteiger partial charge < -0.3 is 14.9 Å². The van der Waals surface area contributed by atoms with Crippen LogP contribution in [0.4, 0.5) is 0 Å². The number of carbonyl (C=O) groups is 3. The van der Waals surface area contributed by atoms with Crippen molar-refractivity contribution in [2.75, 3.05) is 24.7 Å². The maximum Gasteiger partial charge on any atom is 0.311 e. The molecule has 6 nitrogen and oxygen atoms in total. The number of aliphatic carboxylic acids is 1. The fourth-order valence-corrected chi connectivity index (χ4v) is 4.74. The summed E-state index contributed by atoms with van der Waals surface area (Å²) in [6, 6.07) is -0.461. The zero-order chi connectivity index (χ0) is 19.0. The lowest BCUT2D eigenvalue weighted by molar-refractivity contribution is -0.152. The van der Waals surface area contributed by atoms with E-state index < -0.39 is 17.4 Å². The summed E-state index contributed by atoms with van der Waals surface area (Å²) < 4.78 is 0. The third-order valence-corrected chi connectivity index (χ3v) is 6.33. The van der Waals surface area contributed by atoms with Crippen LogP contribution in [-0.4, -0.2) is 63.5 Å². The fraction of sp³-hybridized carbons (Fsp3) is 0.833. The zero-order valence-electron chi connectivity index (χ0n) is 15.9. The second kappa shape index (κ2) is 7.17. The summed E-state index contributed by atoms with van der Waals surface area (Å²) in [5.41, 5.74) is -0.997. The molecule has 2 unspecified atom stereocenters. The Morgan fingerprint density at radius 2 is 1.92 bits per heavy atom. The van der Waals surface area contributed by atoms with Crippen LogP contribution in [0.2, 0.25) is 0 Å². The first-order chi connectivity index (χ1) is 11.5. The van der Waals surface area contributed by atoms with Crippen molar-refractivity contribution in [3.8, 4) is 0 Å². The van der Waals surface area contributed by atoms with Gasteiger partial charge in [0.25, 0.3) is 0 Å². The van der Waals surface area contributed by atoms with E-state index in [0.29, 0.717) is 31.0 Å². The third kappa shape index (κ3) is 4.13. The molecule has 142 valence electrons. The fourth-order valence-electron chi connectivity index (χ4n) is 3.57. The molecular weight excluding hydrogens is 340 g/mol. The van der Waals surface area contributed by atoms with Crippen molar-refractivity contribution in [1.82, 2.24) is 9.80 Å². The molecule has 7 heteroatoms. The molecule has 0 aromatic heterocycles. The first-order valence-electron chi connectivity index (χ1n) is 8.87. The molecule has 0 radical (unpaired) electrons. The van der Waals surface area contributed by atoms with Gasteiger partial charge in [-0.2, -0.15) is 0 Å². The van der Waals surface area contributed by atoms with Crippen LogP contribution in [-0.2, 0) is 14.4 Å². The van der Waals surface area contributed by atoms with Gasteiger partial charge >= 0.3 is 5.97 Å². The van der Waals surface area contributed by atoms with Gasteiger partial charge in [-0.05, 0) is 17.8 Å². The maximum absolute atomic E-state index is 13.0. The molecule has 25 heavy (non-hydrogen) atoms. The van der Waals surface area contributed by atoms with Crippen molar-refractivity contribution in [2.45, 2.75) is 53.5 Å². The molecule has 2 heterocycles. The smallest absolute Gasteiger partial charge is 0.311 e. The minimum atomic E-state index is -0.873. The van der Waals surface area contributed by atoms with E-state index in [2.05, 4.69) is 0 Å². The predicted molar refractivity (Wildman–Crippen MR) is 98.1 cm³/mol. The van der Waals surface area contributed by atoms with Gasteiger partial charge in [-0.25, -0.2) is 0 Å². The normalized spacial score (nSPS) is 27.2. The van der Waals surface area contributed by atoms with E-state index in [0.717, 1.165) is 0 Å². The van der Waals surface area contributed by atoms with Crippen molar-refractivity contribution in [1.29, 1.82) is 0 Å². The largest absolute Gasteiger partial charge is 0.481 e. The molecular formula is C18H30N2O4S. The van der Waals surface area contributed by atoms with Crippen molar-refractivity contribution in [2.24, 2.45) is 16.7 Å². The number of likely N-dealkylation sites (tertiary alicyclic amines) is 1. The lowest BCUT2D eigenvalue weighted by Crippen LogP contribution is -2.50. The maximum atomic E-state index is 13.0. The molecule has 2 rings (SSSR count). The Morgan fingerprint density at radius 3 is 2.40 bits per heavy atom. The molecule has 2 saturated heterocycles. The third-order valence-electron chi connectivity index (χ3n) is 5.31. The highest BCUT2D eigenvalue weighted by atomic mass is 32.2. The second-order valence-corrected chi connectivity index (χ2v) is 9.74. The predicted octanol–water partition coefficient (Wildman–Crippen LogP) is 2.28. The molecule has 2 amide bonds. The topological polar surface area (TPSA) is 77.9 Å². The van der Waals surface area contributed by atoms with Gasteiger partial charge in [-0.1, -0.05) is 34.6 Å². The Labute approximate surface area is 154 Å². The molecule has 0 spiro atoms. The molecule has 2 aliphatic heterocycles. The molecule has 0 aromatic carbocycles. The minimum Gasteiger partial charge on any atom is -0.481 e. The summed E-state index contributed by atoms with van der Waals surface area (Å²) in [7, 11) is 0. The number of nitrogens with zero attached hydrogens (tertiary/aromatic N) is 2. The van der Waals surface area contributed by atoms with E-state index in [-0.39, 0.29) is 29.7 Å². The van der Waals surface area contributed by atoms with Crippen LogP contribution in [0.3, 0.4) is 0 Å². The zero-order valence-corrected chi connectivity index (χ0v) is 16.7. The van der Waals surface area contributed by atoms with E-state index >= 15 is 0 Å². The number of amides is 2. The Balaban J connectivity index is 2.10. The monoisotopic (exact) mass is 370 g/mol. The Kier molecular flexibility index (Phi) is 5.76. The molecule has 2 fully saturated rings. The van der Waals surface area contributed by atoms with Crippen LogP contribution >= 0.6 is 11.8 Å². The van der Waals surface area contributed by atoms with Gasteiger partial charge in [-0.15, -0.1) is 11.8 Å². The summed E-state index contributed by atoms with van der Waals surface area (Å²) in [6.45, 7) is 10.5. The van der Waals surface area contributed by atoms with Gasteiger partial charge in [0.1, 0.15) is 6.04 Å². The first-order valence-corrected chi connectivity index (χ1v) is 10.0. The van der Waals surface area contributed by atoms with E-state index in [4.69, 9.17) is 0 Å². The standard InChI is InChI=1S/C18H30N2O4S/c1-12(2)18(16(23)24)6-7-19(10-18)15(22)13-9-25-11-20(13)14(21)8-17(3,4)5/h12-13H,6-11H2,1-5H3,(H,23,24). The number of hydrogen-bond donors (Lipinski definition) is 1. The minimum absolute atomic E-state index is 0.00315. The average Bonchev–Trinajstić information content (AvgIpc) is 3.12. The lowest BCUT2D eigenvalue weighted by Gasteiger charge is -2.31. The van der Waals surface area contributed by atoms with E-state index in [1.165, 1.54) is 0 Å². The van der Waals surface area contributed by atoms with Crippen LogP contribution < -0.4 is 0 Å². The van der Waals surface area contributed by atoms with E-state index in [1.54, 1.807) is 21.6 Å². The number of hydrogen-bond acceptors (Lipinski definition) is 4. The van der Waals surface area contributed by atoms with E-state index in [1.807, 2.05) is 34.6 Å². The highest BCUT2D eigenvalue weighted by molar-refractivity contribution is 7.99. The second-order valence-electron chi connectivity index (χ2n) is 8.74. The Morgan fingerprint density at radius 1 is 1.28 bits per heavy atom. The highest BCUT2D eigenvalue weighted by Gasteiger charge is 2.50. The number of carboxylic acid groups (broad SMARTS) is 1. The molecule has 0 aromatic rings. The average molecular weight is 371 g/mol.